The van der Waals surface area contributed by atoms with Crippen LogP contribution in [0.4, 0.5) is 5.69 Å². The molecule has 0 unspecified atom stereocenters. The van der Waals surface area contributed by atoms with Crippen molar-refractivity contribution in [3.8, 4) is 0 Å². The van der Waals surface area contributed by atoms with Gasteiger partial charge in [0.25, 0.3) is 0 Å². The SMILES string of the molecule is CC(C)(O)CNS(=O)(=O)c1ccc(N)cc1C(=O)O. The number of hydrogen-bond donors (Lipinski definition) is 4. The first-order valence-corrected chi connectivity index (χ1v) is 6.86. The fraction of sp³-hybridized carbons (Fsp3) is 0.364. The number of nitrogen functional groups attached to an aromatic ring is 1. The highest BCUT2D eigenvalue weighted by Gasteiger charge is 2.24. The first kappa shape index (κ1) is 15.4. The van der Waals surface area contributed by atoms with Crippen molar-refractivity contribution in [2.45, 2.75) is 24.3 Å². The molecule has 0 aliphatic heterocycles. The molecule has 19 heavy (non-hydrogen) atoms. The molecule has 0 fully saturated rings. The van der Waals surface area contributed by atoms with Gasteiger partial charge in [-0.2, -0.15) is 0 Å². The summed E-state index contributed by atoms with van der Waals surface area (Å²) in [5, 5.41) is 18.5. The number of benzene rings is 1. The average molecular weight is 288 g/mol. The van der Waals surface area contributed by atoms with E-state index in [2.05, 4.69) is 4.72 Å². The molecule has 0 spiro atoms. The van der Waals surface area contributed by atoms with E-state index in [1.807, 2.05) is 0 Å². The molecule has 0 radical (unpaired) electrons. The minimum absolute atomic E-state index is 0.152. The highest BCUT2D eigenvalue weighted by atomic mass is 32.2. The van der Waals surface area contributed by atoms with Gasteiger partial charge in [-0.15, -0.1) is 0 Å². The molecule has 0 heterocycles. The van der Waals surface area contributed by atoms with E-state index < -0.39 is 32.1 Å². The number of aliphatic hydroxyl groups is 1. The number of anilines is 1. The van der Waals surface area contributed by atoms with Gasteiger partial charge < -0.3 is 15.9 Å². The quantitative estimate of drug-likeness (QED) is 0.565. The Kier molecular flexibility index (Phi) is 4.18. The molecule has 7 nitrogen and oxygen atoms in total. The third-order valence-electron chi connectivity index (χ3n) is 2.22. The molecular formula is C11H16N2O5S. The average Bonchev–Trinajstić information content (AvgIpc) is 2.25. The second kappa shape index (κ2) is 5.16. The Morgan fingerprint density at radius 3 is 2.47 bits per heavy atom. The Hall–Kier alpha value is -1.64. The van der Waals surface area contributed by atoms with Gasteiger partial charge in [-0.3, -0.25) is 0 Å². The molecule has 1 aromatic rings. The van der Waals surface area contributed by atoms with Crippen molar-refractivity contribution in [2.75, 3.05) is 12.3 Å². The van der Waals surface area contributed by atoms with Crippen molar-refractivity contribution >= 4 is 21.7 Å². The van der Waals surface area contributed by atoms with Gasteiger partial charge in [0.1, 0.15) is 0 Å². The van der Waals surface area contributed by atoms with Gasteiger partial charge in [-0.25, -0.2) is 17.9 Å². The molecule has 106 valence electrons. The Balaban J connectivity index is 3.18. The van der Waals surface area contributed by atoms with Crippen LogP contribution in [-0.4, -0.2) is 36.7 Å². The highest BCUT2D eigenvalue weighted by molar-refractivity contribution is 7.89. The van der Waals surface area contributed by atoms with Crippen LogP contribution in [0.3, 0.4) is 0 Å². The van der Waals surface area contributed by atoms with Crippen molar-refractivity contribution in [2.24, 2.45) is 0 Å². The number of rotatable bonds is 5. The molecular weight excluding hydrogens is 272 g/mol. The van der Waals surface area contributed by atoms with Gasteiger partial charge in [-0.1, -0.05) is 0 Å². The zero-order chi connectivity index (χ0) is 14.8. The highest BCUT2D eigenvalue weighted by Crippen LogP contribution is 2.19. The molecule has 1 rings (SSSR count). The maximum absolute atomic E-state index is 12.0. The van der Waals surface area contributed by atoms with Crippen molar-refractivity contribution in [3.63, 3.8) is 0 Å². The fourth-order valence-electron chi connectivity index (χ4n) is 1.30. The number of hydrogen-bond acceptors (Lipinski definition) is 5. The maximum Gasteiger partial charge on any atom is 0.337 e. The largest absolute Gasteiger partial charge is 0.478 e. The zero-order valence-corrected chi connectivity index (χ0v) is 11.4. The third kappa shape index (κ3) is 4.19. The standard InChI is InChI=1S/C11H16N2O5S/c1-11(2,16)6-13-19(17,18)9-4-3-7(12)5-8(9)10(14)15/h3-5,13,16H,6,12H2,1-2H3,(H,14,15). The molecule has 0 bridgehead atoms. The van der Waals surface area contributed by atoms with Crippen molar-refractivity contribution in [3.05, 3.63) is 23.8 Å². The predicted molar refractivity (Wildman–Crippen MR) is 69.3 cm³/mol. The van der Waals surface area contributed by atoms with E-state index >= 15 is 0 Å². The topological polar surface area (TPSA) is 130 Å². The number of aromatic carboxylic acids is 1. The lowest BCUT2D eigenvalue weighted by molar-refractivity contribution is 0.0692. The number of carbonyl (C=O) groups is 1. The maximum atomic E-state index is 12.0. The van der Waals surface area contributed by atoms with Crippen LogP contribution in [0.1, 0.15) is 24.2 Å². The van der Waals surface area contributed by atoms with E-state index in [1.165, 1.54) is 19.9 Å². The van der Waals surface area contributed by atoms with Gasteiger partial charge in [0.2, 0.25) is 10.0 Å². The lowest BCUT2D eigenvalue weighted by Gasteiger charge is -2.18. The van der Waals surface area contributed by atoms with Gasteiger partial charge >= 0.3 is 5.97 Å². The van der Waals surface area contributed by atoms with Gasteiger partial charge in [-0.05, 0) is 32.0 Å². The predicted octanol–water partition coefficient (Wildman–Crippen LogP) is 0.0162. The molecule has 0 aliphatic carbocycles. The molecule has 5 N–H and O–H groups in total. The summed E-state index contributed by atoms with van der Waals surface area (Å²) in [6.45, 7) is 2.62. The zero-order valence-electron chi connectivity index (χ0n) is 10.5. The van der Waals surface area contributed by atoms with Crippen molar-refractivity contribution in [1.82, 2.24) is 4.72 Å². The Morgan fingerprint density at radius 1 is 1.42 bits per heavy atom. The van der Waals surface area contributed by atoms with Crippen LogP contribution in [0.15, 0.2) is 23.1 Å². The minimum atomic E-state index is -4.03. The Morgan fingerprint density at radius 2 is 2.00 bits per heavy atom. The van der Waals surface area contributed by atoms with E-state index in [9.17, 15) is 18.3 Å². The molecule has 0 saturated heterocycles. The molecule has 0 amide bonds. The molecule has 0 saturated carbocycles. The molecule has 0 aromatic heterocycles. The Bertz CT molecular complexity index is 590. The number of carboxylic acid groups (broad SMARTS) is 1. The second-order valence-electron chi connectivity index (χ2n) is 4.70. The first-order chi connectivity index (χ1) is 8.53. The third-order valence-corrected chi connectivity index (χ3v) is 3.68. The number of nitrogens with one attached hydrogen (secondary N) is 1. The summed E-state index contributed by atoms with van der Waals surface area (Å²) in [5.41, 5.74) is 3.93. The lowest BCUT2D eigenvalue weighted by Crippen LogP contribution is -2.38. The fourth-order valence-corrected chi connectivity index (χ4v) is 2.68. The van der Waals surface area contributed by atoms with Crippen LogP contribution < -0.4 is 10.5 Å². The van der Waals surface area contributed by atoms with Gasteiger partial charge in [0.15, 0.2) is 0 Å². The van der Waals surface area contributed by atoms with Crippen LogP contribution in [0.5, 0.6) is 0 Å². The first-order valence-electron chi connectivity index (χ1n) is 5.38. The summed E-state index contributed by atoms with van der Waals surface area (Å²) < 4.78 is 26.1. The van der Waals surface area contributed by atoms with Gasteiger partial charge in [0, 0.05) is 12.2 Å². The number of carboxylic acids is 1. The summed E-state index contributed by atoms with van der Waals surface area (Å²) >= 11 is 0. The van der Waals surface area contributed by atoms with Crippen LogP contribution in [0, 0.1) is 0 Å². The van der Waals surface area contributed by atoms with Crippen LogP contribution in [-0.2, 0) is 10.0 Å². The summed E-state index contributed by atoms with van der Waals surface area (Å²) in [6, 6.07) is 3.48. The monoisotopic (exact) mass is 288 g/mol. The van der Waals surface area contributed by atoms with E-state index in [0.717, 1.165) is 12.1 Å². The van der Waals surface area contributed by atoms with Crippen molar-refractivity contribution in [1.29, 1.82) is 0 Å². The van der Waals surface area contributed by atoms with E-state index in [1.54, 1.807) is 0 Å². The molecule has 0 atom stereocenters. The smallest absolute Gasteiger partial charge is 0.337 e. The summed E-state index contributed by atoms with van der Waals surface area (Å²) in [5.74, 6) is -1.39. The molecule has 8 heteroatoms. The minimum Gasteiger partial charge on any atom is -0.478 e. The number of nitrogens with two attached hydrogens (primary N) is 1. The molecule has 0 aliphatic rings. The van der Waals surface area contributed by atoms with E-state index in [4.69, 9.17) is 10.8 Å². The Labute approximate surface area is 111 Å². The normalized spacial score (nSPS) is 12.4. The summed E-state index contributed by atoms with van der Waals surface area (Å²) in [7, 11) is -4.03. The van der Waals surface area contributed by atoms with E-state index in [0.29, 0.717) is 0 Å². The van der Waals surface area contributed by atoms with Crippen LogP contribution >= 0.6 is 0 Å². The second-order valence-corrected chi connectivity index (χ2v) is 6.43. The van der Waals surface area contributed by atoms with Gasteiger partial charge in [0.05, 0.1) is 16.1 Å². The summed E-state index contributed by atoms with van der Waals surface area (Å²) in [6.07, 6.45) is 0. The van der Waals surface area contributed by atoms with Crippen LogP contribution in [0.2, 0.25) is 0 Å². The summed E-state index contributed by atoms with van der Waals surface area (Å²) in [4.78, 5) is 10.6. The van der Waals surface area contributed by atoms with Crippen LogP contribution in [0.25, 0.3) is 0 Å². The number of sulfonamides is 1. The van der Waals surface area contributed by atoms with E-state index in [-0.39, 0.29) is 12.2 Å². The molecule has 1 aromatic carbocycles. The van der Waals surface area contributed by atoms with Crippen molar-refractivity contribution < 1.29 is 23.4 Å². The lowest BCUT2D eigenvalue weighted by atomic mass is 10.1.